The van der Waals surface area contributed by atoms with Gasteiger partial charge in [-0.25, -0.2) is 0 Å². The van der Waals surface area contributed by atoms with Gasteiger partial charge in [0, 0.05) is 18.6 Å². The van der Waals surface area contributed by atoms with E-state index in [1.54, 1.807) is 6.07 Å². The molecular weight excluding hydrogens is 470 g/mol. The minimum absolute atomic E-state index is 0.115. The molecule has 4 heteroatoms. The monoisotopic (exact) mass is 525 g/mol. The number of anilines is 1. The summed E-state index contributed by atoms with van der Waals surface area (Å²) in [6.45, 7) is 4.49. The lowest BCUT2D eigenvalue weighted by atomic mass is 9.48. The quantitative estimate of drug-likeness (QED) is 0.148. The number of unbranched alkanes of at least 4 members (excludes halogenated alkanes) is 13. The number of nitrogens with one attached hydrogen (secondary N) is 1. The number of aromatic hydroxyl groups is 1. The molecule has 214 valence electrons. The average Bonchev–Trinajstić information content (AvgIpc) is 2.86. The highest BCUT2D eigenvalue weighted by Gasteiger charge is 2.52. The SMILES string of the molecule is CCCCCCCCCCCCCCCCOc1cc(O)c(NC(C)=O)cc1C12CC3CC(CC(C3)C1)C2. The largest absolute Gasteiger partial charge is 0.506 e. The van der Waals surface area contributed by atoms with Crippen LogP contribution in [-0.2, 0) is 10.2 Å². The molecule has 2 N–H and O–H groups in total. The Kier molecular flexibility index (Phi) is 11.3. The molecule has 0 radical (unpaired) electrons. The first-order valence-corrected chi connectivity index (χ1v) is 16.3. The molecule has 1 aromatic carbocycles. The van der Waals surface area contributed by atoms with E-state index in [1.165, 1.54) is 134 Å². The molecule has 4 saturated carbocycles. The summed E-state index contributed by atoms with van der Waals surface area (Å²) < 4.78 is 6.40. The van der Waals surface area contributed by atoms with Crippen LogP contribution in [0.1, 0.15) is 148 Å². The molecule has 0 aromatic heterocycles. The van der Waals surface area contributed by atoms with Crippen LogP contribution >= 0.6 is 0 Å². The number of ether oxygens (including phenoxy) is 1. The molecule has 0 spiro atoms. The van der Waals surface area contributed by atoms with Gasteiger partial charge in [-0.05, 0) is 74.2 Å². The van der Waals surface area contributed by atoms with Crippen LogP contribution in [0.5, 0.6) is 11.5 Å². The summed E-state index contributed by atoms with van der Waals surface area (Å²) >= 11 is 0. The number of benzene rings is 1. The van der Waals surface area contributed by atoms with Gasteiger partial charge in [0.1, 0.15) is 11.5 Å². The lowest BCUT2D eigenvalue weighted by Crippen LogP contribution is -2.48. The van der Waals surface area contributed by atoms with Gasteiger partial charge >= 0.3 is 0 Å². The fraction of sp³-hybridized carbons (Fsp3) is 0.794. The molecule has 4 bridgehead atoms. The molecular formula is C34H55NO3. The Bertz CT molecular complexity index is 843. The molecule has 4 aliphatic carbocycles. The molecule has 4 aliphatic rings. The van der Waals surface area contributed by atoms with Gasteiger partial charge in [-0.3, -0.25) is 4.79 Å². The second-order valence-corrected chi connectivity index (χ2v) is 13.2. The number of hydrogen-bond donors (Lipinski definition) is 2. The first-order valence-electron chi connectivity index (χ1n) is 16.3. The summed E-state index contributed by atoms with van der Waals surface area (Å²) in [5.74, 6) is 3.32. The minimum atomic E-state index is -0.146. The molecule has 0 unspecified atom stereocenters. The molecule has 0 atom stereocenters. The number of amides is 1. The molecule has 4 fully saturated rings. The van der Waals surface area contributed by atoms with Crippen LogP contribution in [0.25, 0.3) is 0 Å². The summed E-state index contributed by atoms with van der Waals surface area (Å²) in [5, 5.41) is 13.5. The maximum absolute atomic E-state index is 11.8. The van der Waals surface area contributed by atoms with Crippen LogP contribution in [0.15, 0.2) is 12.1 Å². The third kappa shape index (κ3) is 8.15. The molecule has 0 heterocycles. The van der Waals surface area contributed by atoms with E-state index in [4.69, 9.17) is 4.74 Å². The third-order valence-electron chi connectivity index (χ3n) is 9.77. The minimum Gasteiger partial charge on any atom is -0.506 e. The van der Waals surface area contributed by atoms with E-state index in [9.17, 15) is 9.90 Å². The molecule has 38 heavy (non-hydrogen) atoms. The van der Waals surface area contributed by atoms with Crippen LogP contribution in [0, 0.1) is 17.8 Å². The fourth-order valence-electron chi connectivity index (χ4n) is 8.31. The van der Waals surface area contributed by atoms with Crippen molar-refractivity contribution in [1.29, 1.82) is 0 Å². The van der Waals surface area contributed by atoms with E-state index in [-0.39, 0.29) is 17.1 Å². The molecule has 1 aromatic rings. The Morgan fingerprint density at radius 3 is 1.76 bits per heavy atom. The fourth-order valence-corrected chi connectivity index (χ4v) is 8.31. The van der Waals surface area contributed by atoms with Gasteiger partial charge in [-0.2, -0.15) is 0 Å². The standard InChI is InChI=1S/C34H55NO3/c1-3-4-5-6-7-8-9-10-11-12-13-14-15-16-17-38-33-22-32(37)31(35-26(2)36)21-30(33)34-23-27-18-28(24-34)20-29(19-27)25-34/h21-22,27-29,37H,3-20,23-25H2,1-2H3,(H,35,36). The van der Waals surface area contributed by atoms with E-state index < -0.39 is 0 Å². The van der Waals surface area contributed by atoms with Gasteiger partial charge in [-0.15, -0.1) is 0 Å². The van der Waals surface area contributed by atoms with E-state index in [0.29, 0.717) is 12.3 Å². The molecule has 5 rings (SSSR count). The van der Waals surface area contributed by atoms with Gasteiger partial charge in [0.2, 0.25) is 5.91 Å². The van der Waals surface area contributed by atoms with Crippen LogP contribution in [0.4, 0.5) is 5.69 Å². The van der Waals surface area contributed by atoms with Crippen LogP contribution < -0.4 is 10.1 Å². The van der Waals surface area contributed by atoms with Crippen molar-refractivity contribution >= 4 is 11.6 Å². The lowest BCUT2D eigenvalue weighted by Gasteiger charge is -2.57. The van der Waals surface area contributed by atoms with Gasteiger partial charge < -0.3 is 15.2 Å². The highest BCUT2D eigenvalue weighted by atomic mass is 16.5. The Balaban J connectivity index is 1.20. The second kappa shape index (κ2) is 14.6. The molecule has 1 amide bonds. The number of rotatable bonds is 18. The zero-order valence-electron chi connectivity index (χ0n) is 24.5. The smallest absolute Gasteiger partial charge is 0.221 e. The summed E-state index contributed by atoms with van der Waals surface area (Å²) in [6, 6.07) is 3.83. The predicted molar refractivity (Wildman–Crippen MR) is 158 cm³/mol. The van der Waals surface area contributed by atoms with Crippen molar-refractivity contribution in [3.05, 3.63) is 17.7 Å². The normalized spacial score (nSPS) is 25.6. The molecule has 0 saturated heterocycles. The first kappa shape index (κ1) is 29.3. The van der Waals surface area contributed by atoms with Crippen molar-refractivity contribution in [3.63, 3.8) is 0 Å². The highest BCUT2D eigenvalue weighted by Crippen LogP contribution is 2.62. The van der Waals surface area contributed by atoms with Crippen LogP contribution in [0.2, 0.25) is 0 Å². The maximum atomic E-state index is 11.8. The molecule has 0 aliphatic heterocycles. The van der Waals surface area contributed by atoms with Gasteiger partial charge in [-0.1, -0.05) is 90.4 Å². The van der Waals surface area contributed by atoms with E-state index in [1.807, 2.05) is 6.07 Å². The average molecular weight is 526 g/mol. The Labute approximate surface area is 232 Å². The van der Waals surface area contributed by atoms with E-state index in [2.05, 4.69) is 12.2 Å². The summed E-state index contributed by atoms with van der Waals surface area (Å²) in [6.07, 6.45) is 26.8. The number of hydrogen-bond acceptors (Lipinski definition) is 3. The van der Waals surface area contributed by atoms with E-state index >= 15 is 0 Å². The van der Waals surface area contributed by atoms with Crippen molar-refractivity contribution in [1.82, 2.24) is 0 Å². The zero-order valence-corrected chi connectivity index (χ0v) is 24.5. The predicted octanol–water partition coefficient (Wildman–Crippen LogP) is 9.68. The van der Waals surface area contributed by atoms with Gasteiger partial charge in [0.25, 0.3) is 0 Å². The number of phenols is 1. The first-order chi connectivity index (χ1) is 18.5. The molecule has 4 nitrogen and oxygen atoms in total. The van der Waals surface area contributed by atoms with Crippen molar-refractivity contribution in [3.8, 4) is 11.5 Å². The summed E-state index contributed by atoms with van der Waals surface area (Å²) in [5.41, 5.74) is 1.93. The summed E-state index contributed by atoms with van der Waals surface area (Å²) in [4.78, 5) is 11.8. The Morgan fingerprint density at radius 1 is 0.816 bits per heavy atom. The Hall–Kier alpha value is -1.71. The topological polar surface area (TPSA) is 58.6 Å². The highest BCUT2D eigenvalue weighted by molar-refractivity contribution is 5.90. The van der Waals surface area contributed by atoms with Crippen LogP contribution in [-0.4, -0.2) is 17.6 Å². The number of phenolic OH excluding ortho intramolecular Hbond substituents is 1. The van der Waals surface area contributed by atoms with Crippen molar-refractivity contribution in [2.24, 2.45) is 17.8 Å². The summed E-state index contributed by atoms with van der Waals surface area (Å²) in [7, 11) is 0. The second-order valence-electron chi connectivity index (χ2n) is 13.2. The van der Waals surface area contributed by atoms with Crippen molar-refractivity contribution in [2.75, 3.05) is 11.9 Å². The van der Waals surface area contributed by atoms with Crippen molar-refractivity contribution in [2.45, 2.75) is 148 Å². The van der Waals surface area contributed by atoms with Gasteiger partial charge in [0.15, 0.2) is 0 Å². The lowest BCUT2D eigenvalue weighted by molar-refractivity contribution is -0.114. The third-order valence-corrected chi connectivity index (χ3v) is 9.77. The van der Waals surface area contributed by atoms with E-state index in [0.717, 1.165) is 29.9 Å². The number of carbonyl (C=O) groups is 1. The van der Waals surface area contributed by atoms with Crippen LogP contribution in [0.3, 0.4) is 0 Å². The maximum Gasteiger partial charge on any atom is 0.221 e. The van der Waals surface area contributed by atoms with Gasteiger partial charge in [0.05, 0.1) is 12.3 Å². The zero-order chi connectivity index (χ0) is 26.8. The number of carbonyl (C=O) groups excluding carboxylic acids is 1. The Morgan fingerprint density at radius 2 is 1.29 bits per heavy atom. The van der Waals surface area contributed by atoms with Crippen molar-refractivity contribution < 1.29 is 14.6 Å².